The van der Waals surface area contributed by atoms with Gasteiger partial charge in [0.1, 0.15) is 5.82 Å². The molecule has 3 rings (SSSR count). The number of hydrogen-bond acceptors (Lipinski definition) is 4. The summed E-state index contributed by atoms with van der Waals surface area (Å²) in [6, 6.07) is 10.5. The van der Waals surface area contributed by atoms with Crippen molar-refractivity contribution in [3.63, 3.8) is 0 Å². The summed E-state index contributed by atoms with van der Waals surface area (Å²) in [5.41, 5.74) is 6.80. The molecule has 0 saturated carbocycles. The molecule has 2 heterocycles. The van der Waals surface area contributed by atoms with Crippen molar-refractivity contribution in [3.8, 4) is 0 Å². The Hall–Kier alpha value is -1.88. The molecule has 1 aromatic carbocycles. The number of rotatable bonds is 2. The highest BCUT2D eigenvalue weighted by molar-refractivity contribution is 7.10. The Morgan fingerprint density at radius 3 is 2.72 bits per heavy atom. The lowest BCUT2D eigenvalue weighted by atomic mass is 10.2. The zero-order chi connectivity index (χ0) is 12.5. The monoisotopic (exact) mass is 261 g/mol. The number of anilines is 1. The minimum Gasteiger partial charge on any atom is -0.369 e. The van der Waals surface area contributed by atoms with E-state index in [4.69, 9.17) is 5.73 Å². The molecule has 0 radical (unpaired) electrons. The highest BCUT2D eigenvalue weighted by Gasteiger charge is 2.29. The van der Waals surface area contributed by atoms with Crippen LogP contribution in [0.3, 0.4) is 0 Å². The van der Waals surface area contributed by atoms with Crippen LogP contribution in [0, 0.1) is 5.82 Å². The zero-order valence-corrected chi connectivity index (χ0v) is 10.4. The van der Waals surface area contributed by atoms with E-state index in [9.17, 15) is 4.39 Å². The number of halogens is 1. The molecular weight excluding hydrogens is 249 g/mol. The van der Waals surface area contributed by atoms with E-state index in [0.29, 0.717) is 12.5 Å². The van der Waals surface area contributed by atoms with E-state index in [-0.39, 0.29) is 11.9 Å². The summed E-state index contributed by atoms with van der Waals surface area (Å²) < 4.78 is 13.0. The zero-order valence-electron chi connectivity index (χ0n) is 9.58. The molecule has 1 unspecified atom stereocenters. The molecule has 1 aliphatic heterocycles. The first kappa shape index (κ1) is 11.2. The molecule has 3 nitrogen and oxygen atoms in total. The van der Waals surface area contributed by atoms with Gasteiger partial charge in [-0.2, -0.15) is 0 Å². The fraction of sp³-hybridized carbons (Fsp3) is 0.154. The second kappa shape index (κ2) is 4.42. The van der Waals surface area contributed by atoms with Gasteiger partial charge in [0.2, 0.25) is 0 Å². The molecule has 0 bridgehead atoms. The van der Waals surface area contributed by atoms with Crippen LogP contribution in [-0.2, 0) is 0 Å². The fourth-order valence-electron chi connectivity index (χ4n) is 2.11. The first-order valence-electron chi connectivity index (χ1n) is 5.64. The van der Waals surface area contributed by atoms with Crippen LogP contribution in [0.2, 0.25) is 0 Å². The van der Waals surface area contributed by atoms with Gasteiger partial charge in [-0.3, -0.25) is 4.99 Å². The van der Waals surface area contributed by atoms with E-state index in [2.05, 4.69) is 11.1 Å². The van der Waals surface area contributed by atoms with Crippen molar-refractivity contribution in [1.29, 1.82) is 0 Å². The Labute approximate surface area is 108 Å². The highest BCUT2D eigenvalue weighted by Crippen LogP contribution is 2.33. The third-order valence-corrected chi connectivity index (χ3v) is 3.93. The van der Waals surface area contributed by atoms with E-state index in [1.165, 1.54) is 17.0 Å². The van der Waals surface area contributed by atoms with Crippen LogP contribution in [0.4, 0.5) is 10.1 Å². The summed E-state index contributed by atoms with van der Waals surface area (Å²) in [7, 11) is 0. The molecule has 2 N–H and O–H groups in total. The van der Waals surface area contributed by atoms with Gasteiger partial charge in [0, 0.05) is 10.6 Å². The molecule has 1 aromatic heterocycles. The van der Waals surface area contributed by atoms with Crippen LogP contribution < -0.4 is 10.6 Å². The van der Waals surface area contributed by atoms with Crippen molar-refractivity contribution in [3.05, 3.63) is 52.5 Å². The molecule has 2 aromatic rings. The summed E-state index contributed by atoms with van der Waals surface area (Å²) in [6.45, 7) is 0.643. The van der Waals surface area contributed by atoms with E-state index >= 15 is 0 Å². The summed E-state index contributed by atoms with van der Waals surface area (Å²) >= 11 is 1.68. The molecule has 0 saturated heterocycles. The molecule has 1 atom stereocenters. The smallest absolute Gasteiger partial charge is 0.196 e. The van der Waals surface area contributed by atoms with Crippen LogP contribution in [0.25, 0.3) is 0 Å². The normalized spacial score (nSPS) is 19.1. The number of benzene rings is 1. The van der Waals surface area contributed by atoms with Crippen LogP contribution >= 0.6 is 11.3 Å². The van der Waals surface area contributed by atoms with E-state index in [1.807, 2.05) is 16.3 Å². The van der Waals surface area contributed by atoms with Gasteiger partial charge < -0.3 is 10.6 Å². The SMILES string of the molecule is NC1=NCC(c2cccs2)N1c1ccc(F)cc1. The van der Waals surface area contributed by atoms with Crippen molar-refractivity contribution in [2.24, 2.45) is 10.7 Å². The van der Waals surface area contributed by atoms with E-state index in [0.717, 1.165) is 5.69 Å². The topological polar surface area (TPSA) is 41.6 Å². The van der Waals surface area contributed by atoms with Crippen LogP contribution in [0.5, 0.6) is 0 Å². The maximum atomic E-state index is 13.0. The maximum absolute atomic E-state index is 13.0. The van der Waals surface area contributed by atoms with Crippen LogP contribution in [0.15, 0.2) is 46.8 Å². The number of aliphatic imine (C=N–C) groups is 1. The van der Waals surface area contributed by atoms with Gasteiger partial charge in [-0.1, -0.05) is 6.07 Å². The first-order valence-corrected chi connectivity index (χ1v) is 6.52. The Bertz CT molecular complexity index is 562. The lowest BCUT2D eigenvalue weighted by Crippen LogP contribution is -2.35. The summed E-state index contributed by atoms with van der Waals surface area (Å²) in [5.74, 6) is 0.237. The molecule has 5 heteroatoms. The average Bonchev–Trinajstić information content (AvgIpc) is 2.99. The first-order chi connectivity index (χ1) is 8.75. The van der Waals surface area contributed by atoms with Crippen molar-refractivity contribution < 1.29 is 4.39 Å². The molecule has 0 amide bonds. The molecule has 18 heavy (non-hydrogen) atoms. The molecule has 1 aliphatic rings. The van der Waals surface area contributed by atoms with Gasteiger partial charge in [-0.15, -0.1) is 11.3 Å². The Kier molecular flexibility index (Phi) is 2.76. The number of nitrogens with two attached hydrogens (primary N) is 1. The molecule has 92 valence electrons. The number of hydrogen-bond donors (Lipinski definition) is 1. The van der Waals surface area contributed by atoms with Gasteiger partial charge >= 0.3 is 0 Å². The van der Waals surface area contributed by atoms with Gasteiger partial charge in [-0.25, -0.2) is 4.39 Å². The molecule has 0 spiro atoms. The molecule has 0 fully saturated rings. The lowest BCUT2D eigenvalue weighted by Gasteiger charge is -2.25. The summed E-state index contributed by atoms with van der Waals surface area (Å²) in [5, 5.41) is 2.03. The Morgan fingerprint density at radius 1 is 1.28 bits per heavy atom. The quantitative estimate of drug-likeness (QED) is 0.903. The third kappa shape index (κ3) is 1.86. The minimum absolute atomic E-state index is 0.121. The van der Waals surface area contributed by atoms with Crippen molar-refractivity contribution in [1.82, 2.24) is 0 Å². The standard InChI is InChI=1S/C13H12FN3S/c14-9-3-5-10(6-4-9)17-11(8-16-13(17)15)12-2-1-7-18-12/h1-7,11H,8H2,(H2,15,16). The van der Waals surface area contributed by atoms with Crippen molar-refractivity contribution >= 4 is 23.0 Å². The number of guanidine groups is 1. The average molecular weight is 261 g/mol. The van der Waals surface area contributed by atoms with E-state index < -0.39 is 0 Å². The van der Waals surface area contributed by atoms with Crippen molar-refractivity contribution in [2.75, 3.05) is 11.4 Å². The second-order valence-electron chi connectivity index (χ2n) is 4.08. The predicted molar refractivity (Wildman–Crippen MR) is 72.4 cm³/mol. The third-order valence-electron chi connectivity index (χ3n) is 2.96. The molecule has 0 aliphatic carbocycles. The summed E-state index contributed by atoms with van der Waals surface area (Å²) in [4.78, 5) is 7.45. The van der Waals surface area contributed by atoms with E-state index in [1.54, 1.807) is 23.5 Å². The number of nitrogens with zero attached hydrogens (tertiary/aromatic N) is 2. The van der Waals surface area contributed by atoms with Crippen LogP contribution in [0.1, 0.15) is 10.9 Å². The molecular formula is C13H12FN3S. The minimum atomic E-state index is -0.249. The Balaban J connectivity index is 1.97. The highest BCUT2D eigenvalue weighted by atomic mass is 32.1. The second-order valence-corrected chi connectivity index (χ2v) is 5.06. The largest absolute Gasteiger partial charge is 0.369 e. The van der Waals surface area contributed by atoms with Crippen LogP contribution in [-0.4, -0.2) is 12.5 Å². The van der Waals surface area contributed by atoms with Crippen molar-refractivity contribution in [2.45, 2.75) is 6.04 Å². The fourth-order valence-corrected chi connectivity index (χ4v) is 2.92. The van der Waals surface area contributed by atoms with Gasteiger partial charge in [-0.05, 0) is 35.7 Å². The maximum Gasteiger partial charge on any atom is 0.196 e. The predicted octanol–water partition coefficient (Wildman–Crippen LogP) is 2.76. The Morgan fingerprint density at radius 2 is 2.06 bits per heavy atom. The summed E-state index contributed by atoms with van der Waals surface area (Å²) in [6.07, 6.45) is 0. The number of thiophene rings is 1. The van der Waals surface area contributed by atoms with Gasteiger partial charge in [0.15, 0.2) is 5.96 Å². The lowest BCUT2D eigenvalue weighted by molar-refractivity contribution is 0.627. The van der Waals surface area contributed by atoms with Gasteiger partial charge in [0.05, 0.1) is 12.6 Å². The van der Waals surface area contributed by atoms with Gasteiger partial charge in [0.25, 0.3) is 0 Å².